The third kappa shape index (κ3) is 3.07. The van der Waals surface area contributed by atoms with Gasteiger partial charge in [0.15, 0.2) is 0 Å². The van der Waals surface area contributed by atoms with E-state index in [1.807, 2.05) is 12.1 Å². The van der Waals surface area contributed by atoms with Crippen LogP contribution in [0.3, 0.4) is 0 Å². The molecule has 2 atom stereocenters. The monoisotopic (exact) mass is 342 g/mol. The number of aryl methyl sites for hydroxylation is 1. The molecular weight excluding hydrogens is 320 g/mol. The van der Waals surface area contributed by atoms with Crippen molar-refractivity contribution in [3.8, 4) is 0 Å². The van der Waals surface area contributed by atoms with Crippen LogP contribution >= 0.6 is 12.4 Å². The molecule has 2 heterocycles. The van der Waals surface area contributed by atoms with Gasteiger partial charge in [0.1, 0.15) is 11.3 Å². The maximum absolute atomic E-state index is 6.42. The zero-order chi connectivity index (χ0) is 15.8. The summed E-state index contributed by atoms with van der Waals surface area (Å²) in [6.07, 6.45) is 0. The van der Waals surface area contributed by atoms with Gasteiger partial charge in [0, 0.05) is 42.5 Å². The number of fused-ring (bicyclic) bond motifs is 1. The molecule has 0 aliphatic carbocycles. The minimum absolute atomic E-state index is 0. The first-order chi connectivity index (χ1) is 11.2. The average molecular weight is 343 g/mol. The molecule has 2 N–H and O–H groups in total. The number of benzene rings is 2. The lowest BCUT2D eigenvalue weighted by Gasteiger charge is -2.16. The van der Waals surface area contributed by atoms with Crippen LogP contribution in [0.15, 0.2) is 59.0 Å². The first kappa shape index (κ1) is 17.0. The van der Waals surface area contributed by atoms with E-state index in [0.29, 0.717) is 5.92 Å². The molecule has 0 amide bonds. The summed E-state index contributed by atoms with van der Waals surface area (Å²) >= 11 is 0. The van der Waals surface area contributed by atoms with E-state index in [1.165, 1.54) is 16.5 Å². The second-order valence-electron chi connectivity index (χ2n) is 6.51. The fourth-order valence-electron chi connectivity index (χ4n) is 3.74. The number of furan rings is 1. The largest absolute Gasteiger partial charge is 0.461 e. The Bertz CT molecular complexity index is 815. The third-order valence-electron chi connectivity index (χ3n) is 4.95. The number of nitrogens with two attached hydrogens (primary N) is 1. The molecule has 4 heteroatoms. The summed E-state index contributed by atoms with van der Waals surface area (Å²) in [6.45, 7) is 4.89. The molecule has 4 rings (SSSR count). The zero-order valence-corrected chi connectivity index (χ0v) is 14.6. The van der Waals surface area contributed by atoms with Gasteiger partial charge < -0.3 is 10.2 Å². The van der Waals surface area contributed by atoms with Crippen molar-refractivity contribution in [3.05, 3.63) is 71.5 Å². The van der Waals surface area contributed by atoms with Crippen molar-refractivity contribution in [1.82, 2.24) is 4.90 Å². The van der Waals surface area contributed by atoms with Crippen LogP contribution in [0.25, 0.3) is 11.0 Å². The van der Waals surface area contributed by atoms with E-state index in [0.717, 1.165) is 31.0 Å². The van der Waals surface area contributed by atoms with Crippen LogP contribution in [0.5, 0.6) is 0 Å². The van der Waals surface area contributed by atoms with E-state index in [-0.39, 0.29) is 18.4 Å². The van der Waals surface area contributed by atoms with Gasteiger partial charge in [-0.1, -0.05) is 48.5 Å². The second kappa shape index (κ2) is 6.98. The van der Waals surface area contributed by atoms with E-state index in [2.05, 4.69) is 54.3 Å². The van der Waals surface area contributed by atoms with Gasteiger partial charge in [0.25, 0.3) is 0 Å². The van der Waals surface area contributed by atoms with Gasteiger partial charge in [0.05, 0.1) is 0 Å². The Balaban J connectivity index is 0.00000169. The van der Waals surface area contributed by atoms with Gasteiger partial charge in [-0.2, -0.15) is 0 Å². The lowest BCUT2D eigenvalue weighted by atomic mass is 9.95. The van der Waals surface area contributed by atoms with Crippen molar-refractivity contribution in [2.24, 2.45) is 5.73 Å². The van der Waals surface area contributed by atoms with Crippen LogP contribution in [-0.4, -0.2) is 24.0 Å². The van der Waals surface area contributed by atoms with Crippen LogP contribution in [0.4, 0.5) is 0 Å². The van der Waals surface area contributed by atoms with Crippen molar-refractivity contribution in [2.45, 2.75) is 25.4 Å². The van der Waals surface area contributed by atoms with E-state index < -0.39 is 0 Å². The summed E-state index contributed by atoms with van der Waals surface area (Å²) in [6, 6.07) is 19.1. The molecule has 1 aliphatic heterocycles. The molecule has 0 saturated carbocycles. The molecule has 1 saturated heterocycles. The Morgan fingerprint density at radius 3 is 2.54 bits per heavy atom. The van der Waals surface area contributed by atoms with Crippen LogP contribution in [0.1, 0.15) is 22.8 Å². The molecule has 3 nitrogen and oxygen atoms in total. The summed E-state index contributed by atoms with van der Waals surface area (Å²) in [4.78, 5) is 2.45. The summed E-state index contributed by atoms with van der Waals surface area (Å²) in [5, 5.41) is 1.22. The number of likely N-dealkylation sites (tertiary alicyclic amines) is 1. The molecule has 0 radical (unpaired) electrons. The molecule has 0 bridgehead atoms. The zero-order valence-electron chi connectivity index (χ0n) is 13.8. The predicted molar refractivity (Wildman–Crippen MR) is 101 cm³/mol. The minimum atomic E-state index is 0. The van der Waals surface area contributed by atoms with Crippen LogP contribution in [0, 0.1) is 6.92 Å². The molecule has 0 spiro atoms. The van der Waals surface area contributed by atoms with E-state index in [1.54, 1.807) is 0 Å². The van der Waals surface area contributed by atoms with Crippen molar-refractivity contribution < 1.29 is 4.42 Å². The normalized spacial score (nSPS) is 21.1. The number of hydrogen-bond donors (Lipinski definition) is 1. The number of para-hydroxylation sites is 1. The van der Waals surface area contributed by atoms with Gasteiger partial charge in [-0.3, -0.25) is 4.90 Å². The van der Waals surface area contributed by atoms with Crippen molar-refractivity contribution in [3.63, 3.8) is 0 Å². The van der Waals surface area contributed by atoms with Crippen molar-refractivity contribution >= 4 is 23.4 Å². The van der Waals surface area contributed by atoms with Gasteiger partial charge >= 0.3 is 0 Å². The second-order valence-corrected chi connectivity index (χ2v) is 6.51. The number of hydrogen-bond acceptors (Lipinski definition) is 3. The predicted octanol–water partition coefficient (Wildman–Crippen LogP) is 4.09. The number of halogens is 1. The summed E-state index contributed by atoms with van der Waals surface area (Å²) in [7, 11) is 0. The Morgan fingerprint density at radius 2 is 1.75 bits per heavy atom. The molecule has 1 aromatic heterocycles. The summed E-state index contributed by atoms with van der Waals surface area (Å²) < 4.78 is 5.89. The highest BCUT2D eigenvalue weighted by Crippen LogP contribution is 2.31. The maximum Gasteiger partial charge on any atom is 0.134 e. The highest BCUT2D eigenvalue weighted by Gasteiger charge is 2.31. The van der Waals surface area contributed by atoms with E-state index in [9.17, 15) is 0 Å². The SMILES string of the molecule is Cc1oc2ccccc2c1CN1C[C@@H](N)[C@H](c2ccccc2)C1.Cl. The van der Waals surface area contributed by atoms with Crippen molar-refractivity contribution in [1.29, 1.82) is 0 Å². The fourth-order valence-corrected chi connectivity index (χ4v) is 3.74. The van der Waals surface area contributed by atoms with E-state index in [4.69, 9.17) is 10.2 Å². The third-order valence-corrected chi connectivity index (χ3v) is 4.95. The Hall–Kier alpha value is -1.81. The molecule has 24 heavy (non-hydrogen) atoms. The molecule has 2 aromatic carbocycles. The lowest BCUT2D eigenvalue weighted by Crippen LogP contribution is -2.28. The van der Waals surface area contributed by atoms with Gasteiger partial charge in [-0.05, 0) is 18.6 Å². The molecular formula is C20H23ClN2O. The Morgan fingerprint density at radius 1 is 1.04 bits per heavy atom. The first-order valence-corrected chi connectivity index (χ1v) is 8.22. The topological polar surface area (TPSA) is 42.4 Å². The van der Waals surface area contributed by atoms with E-state index >= 15 is 0 Å². The first-order valence-electron chi connectivity index (χ1n) is 8.22. The molecule has 1 aliphatic rings. The number of nitrogens with zero attached hydrogens (tertiary/aromatic N) is 1. The van der Waals surface area contributed by atoms with Gasteiger partial charge in [-0.25, -0.2) is 0 Å². The Kier molecular flexibility index (Phi) is 4.95. The number of rotatable bonds is 3. The molecule has 0 unspecified atom stereocenters. The minimum Gasteiger partial charge on any atom is -0.461 e. The highest BCUT2D eigenvalue weighted by molar-refractivity contribution is 5.85. The molecule has 126 valence electrons. The highest BCUT2D eigenvalue weighted by atomic mass is 35.5. The smallest absolute Gasteiger partial charge is 0.134 e. The van der Waals surface area contributed by atoms with Crippen LogP contribution < -0.4 is 5.73 Å². The maximum atomic E-state index is 6.42. The van der Waals surface area contributed by atoms with Gasteiger partial charge in [0.2, 0.25) is 0 Å². The fraction of sp³-hybridized carbons (Fsp3) is 0.300. The van der Waals surface area contributed by atoms with Crippen molar-refractivity contribution in [2.75, 3.05) is 13.1 Å². The van der Waals surface area contributed by atoms with Crippen LogP contribution in [-0.2, 0) is 6.54 Å². The molecule has 1 fully saturated rings. The molecule has 3 aromatic rings. The lowest BCUT2D eigenvalue weighted by molar-refractivity contribution is 0.322. The van der Waals surface area contributed by atoms with Gasteiger partial charge in [-0.15, -0.1) is 12.4 Å². The summed E-state index contributed by atoms with van der Waals surface area (Å²) in [5.74, 6) is 1.43. The average Bonchev–Trinajstić information content (AvgIpc) is 3.09. The Labute approximate surface area is 148 Å². The quantitative estimate of drug-likeness (QED) is 0.779. The standard InChI is InChI=1S/C20H22N2O.ClH/c1-14-17(16-9-5-6-10-20(16)23-14)11-22-12-18(19(21)13-22)15-7-3-2-4-8-15;/h2-10,18-19H,11-13,21H2,1H3;1H/t18-,19+;/m0./s1. The summed E-state index contributed by atoms with van der Waals surface area (Å²) in [5.41, 5.74) is 10.0. The van der Waals surface area contributed by atoms with Crippen LogP contribution in [0.2, 0.25) is 0 Å².